The average molecular weight is 251 g/mol. The molecule has 1 aliphatic carbocycles. The fraction of sp³-hybridized carbons (Fsp3) is 0.750. The molecule has 0 unspecified atom stereocenters. The molecule has 6 heteroatoms. The molecule has 0 aliphatic heterocycles. The van der Waals surface area contributed by atoms with Gasteiger partial charge in [-0.25, -0.2) is 0 Å². The first kappa shape index (κ1) is 12.9. The number of carbonyl (C=O) groups excluding carboxylic acids is 1. The van der Waals surface area contributed by atoms with E-state index in [9.17, 15) is 4.79 Å². The smallest absolute Gasteiger partial charge is 0.289 e. The zero-order valence-electron chi connectivity index (χ0n) is 11.3. The second-order valence-corrected chi connectivity index (χ2v) is 5.09. The molecule has 1 N–H and O–H groups in total. The van der Waals surface area contributed by atoms with Crippen LogP contribution in [0.4, 0.5) is 5.95 Å². The minimum absolute atomic E-state index is 0.120. The predicted molar refractivity (Wildman–Crippen MR) is 69.7 cm³/mol. The largest absolute Gasteiger partial charge is 0.347 e. The number of nitrogens with zero attached hydrogens (tertiary/aromatic N) is 4. The maximum atomic E-state index is 12.1. The van der Waals surface area contributed by atoms with Gasteiger partial charge in [-0.3, -0.25) is 9.36 Å². The van der Waals surface area contributed by atoms with Gasteiger partial charge in [-0.05, 0) is 12.8 Å². The van der Waals surface area contributed by atoms with Crippen molar-refractivity contribution in [3.8, 4) is 0 Å². The molecule has 0 atom stereocenters. The van der Waals surface area contributed by atoms with Crippen molar-refractivity contribution in [3.05, 3.63) is 5.82 Å². The number of nitrogens with one attached hydrogen (secondary N) is 1. The van der Waals surface area contributed by atoms with Crippen LogP contribution in [0.2, 0.25) is 0 Å². The summed E-state index contributed by atoms with van der Waals surface area (Å²) in [5.74, 6) is 0.943. The highest BCUT2D eigenvalue weighted by molar-refractivity contribution is 5.91. The van der Waals surface area contributed by atoms with Crippen molar-refractivity contribution < 1.29 is 4.79 Å². The summed E-state index contributed by atoms with van der Waals surface area (Å²) in [6, 6.07) is 0.297. The number of rotatable bonds is 3. The van der Waals surface area contributed by atoms with E-state index in [-0.39, 0.29) is 5.91 Å². The molecule has 100 valence electrons. The first-order valence-electron chi connectivity index (χ1n) is 6.47. The van der Waals surface area contributed by atoms with Crippen LogP contribution < -0.4 is 10.2 Å². The lowest BCUT2D eigenvalue weighted by atomic mass is 9.95. The van der Waals surface area contributed by atoms with E-state index in [1.54, 1.807) is 4.57 Å². The Bertz CT molecular complexity index is 420. The Kier molecular flexibility index (Phi) is 3.84. The highest BCUT2D eigenvalue weighted by Crippen LogP contribution is 2.18. The Morgan fingerprint density at radius 3 is 2.50 bits per heavy atom. The number of hydrogen-bond acceptors (Lipinski definition) is 4. The molecule has 2 rings (SSSR count). The minimum Gasteiger partial charge on any atom is -0.347 e. The second-order valence-electron chi connectivity index (χ2n) is 5.09. The molecule has 1 aromatic heterocycles. The van der Waals surface area contributed by atoms with Crippen LogP contribution in [0.15, 0.2) is 0 Å². The monoisotopic (exact) mass is 251 g/mol. The summed E-state index contributed by atoms with van der Waals surface area (Å²) in [5.41, 5.74) is 0. The standard InChI is InChI=1S/C12H21N5O/c1-16(2)12-15-14-10(17(12)3)11(18)13-9-7-5-4-6-8-9/h9H,4-8H2,1-3H3,(H,13,18). The summed E-state index contributed by atoms with van der Waals surface area (Å²) in [5, 5.41) is 11.0. The van der Waals surface area contributed by atoms with E-state index in [0.29, 0.717) is 17.8 Å². The van der Waals surface area contributed by atoms with Crippen LogP contribution in [0.1, 0.15) is 42.7 Å². The minimum atomic E-state index is -0.120. The number of carbonyl (C=O) groups is 1. The lowest BCUT2D eigenvalue weighted by molar-refractivity contribution is 0.0913. The fourth-order valence-corrected chi connectivity index (χ4v) is 2.41. The van der Waals surface area contributed by atoms with E-state index in [1.807, 2.05) is 26.0 Å². The molecule has 0 bridgehead atoms. The Balaban J connectivity index is 2.04. The van der Waals surface area contributed by atoms with Gasteiger partial charge in [-0.1, -0.05) is 19.3 Å². The van der Waals surface area contributed by atoms with Crippen molar-refractivity contribution in [1.82, 2.24) is 20.1 Å². The van der Waals surface area contributed by atoms with Crippen molar-refractivity contribution >= 4 is 11.9 Å². The van der Waals surface area contributed by atoms with E-state index < -0.39 is 0 Å². The Labute approximate surface area is 107 Å². The maximum absolute atomic E-state index is 12.1. The van der Waals surface area contributed by atoms with Crippen LogP contribution in [0, 0.1) is 0 Å². The lowest BCUT2D eigenvalue weighted by Crippen LogP contribution is -2.37. The second kappa shape index (κ2) is 5.37. The summed E-state index contributed by atoms with van der Waals surface area (Å²) in [6.07, 6.45) is 5.83. The van der Waals surface area contributed by atoms with Gasteiger partial charge >= 0.3 is 0 Å². The number of amides is 1. The first-order chi connectivity index (χ1) is 8.59. The fourth-order valence-electron chi connectivity index (χ4n) is 2.41. The van der Waals surface area contributed by atoms with Crippen molar-refractivity contribution in [3.63, 3.8) is 0 Å². The van der Waals surface area contributed by atoms with Gasteiger partial charge in [0.05, 0.1) is 0 Å². The highest BCUT2D eigenvalue weighted by atomic mass is 16.2. The van der Waals surface area contributed by atoms with Gasteiger partial charge in [-0.15, -0.1) is 10.2 Å². The van der Waals surface area contributed by atoms with Gasteiger partial charge in [0, 0.05) is 27.2 Å². The van der Waals surface area contributed by atoms with E-state index in [0.717, 1.165) is 12.8 Å². The number of hydrogen-bond donors (Lipinski definition) is 1. The van der Waals surface area contributed by atoms with Crippen molar-refractivity contribution in [2.45, 2.75) is 38.1 Å². The van der Waals surface area contributed by atoms with Gasteiger partial charge < -0.3 is 10.2 Å². The van der Waals surface area contributed by atoms with E-state index in [1.165, 1.54) is 19.3 Å². The molecular formula is C12H21N5O. The van der Waals surface area contributed by atoms with Crippen LogP contribution in [-0.2, 0) is 7.05 Å². The third-order valence-corrected chi connectivity index (χ3v) is 3.40. The highest BCUT2D eigenvalue weighted by Gasteiger charge is 2.21. The quantitative estimate of drug-likeness (QED) is 0.868. The van der Waals surface area contributed by atoms with E-state index in [2.05, 4.69) is 15.5 Å². The maximum Gasteiger partial charge on any atom is 0.289 e. The van der Waals surface area contributed by atoms with Crippen LogP contribution in [0.3, 0.4) is 0 Å². The zero-order chi connectivity index (χ0) is 13.1. The van der Waals surface area contributed by atoms with Crippen LogP contribution >= 0.6 is 0 Å². The van der Waals surface area contributed by atoms with E-state index >= 15 is 0 Å². The van der Waals surface area contributed by atoms with Crippen LogP contribution in [0.5, 0.6) is 0 Å². The van der Waals surface area contributed by atoms with Gasteiger partial charge in [-0.2, -0.15) is 0 Å². The summed E-state index contributed by atoms with van der Waals surface area (Å²) in [6.45, 7) is 0. The molecule has 0 radical (unpaired) electrons. The molecular weight excluding hydrogens is 230 g/mol. The Morgan fingerprint density at radius 1 is 1.28 bits per heavy atom. The van der Waals surface area contributed by atoms with Gasteiger partial charge in [0.25, 0.3) is 5.91 Å². The molecule has 1 aromatic rings. The third kappa shape index (κ3) is 2.63. The summed E-state index contributed by atoms with van der Waals surface area (Å²) < 4.78 is 1.72. The van der Waals surface area contributed by atoms with Crippen LogP contribution in [-0.4, -0.2) is 40.8 Å². The number of aromatic nitrogens is 3. The molecule has 0 aromatic carbocycles. The predicted octanol–water partition coefficient (Wildman–Crippen LogP) is 0.944. The number of anilines is 1. The molecule has 1 fully saturated rings. The molecule has 1 heterocycles. The van der Waals surface area contributed by atoms with E-state index in [4.69, 9.17) is 0 Å². The SMILES string of the molecule is CN(C)c1nnc(C(=O)NC2CCCCC2)n1C. The molecule has 6 nitrogen and oxygen atoms in total. The molecule has 1 amide bonds. The van der Waals surface area contributed by atoms with Gasteiger partial charge in [0.2, 0.25) is 11.8 Å². The molecule has 1 saturated carbocycles. The van der Waals surface area contributed by atoms with Crippen molar-refractivity contribution in [2.75, 3.05) is 19.0 Å². The van der Waals surface area contributed by atoms with Gasteiger partial charge in [0.1, 0.15) is 0 Å². The summed E-state index contributed by atoms with van der Waals surface area (Å²) >= 11 is 0. The van der Waals surface area contributed by atoms with Crippen molar-refractivity contribution in [2.24, 2.45) is 7.05 Å². The average Bonchev–Trinajstić information content (AvgIpc) is 2.72. The lowest BCUT2D eigenvalue weighted by Gasteiger charge is -2.22. The Morgan fingerprint density at radius 2 is 1.94 bits per heavy atom. The van der Waals surface area contributed by atoms with Gasteiger partial charge in [0.15, 0.2) is 0 Å². The molecule has 0 saturated heterocycles. The topological polar surface area (TPSA) is 63.1 Å². The molecule has 1 aliphatic rings. The van der Waals surface area contributed by atoms with Crippen molar-refractivity contribution in [1.29, 1.82) is 0 Å². The first-order valence-corrected chi connectivity index (χ1v) is 6.47. The normalized spacial score (nSPS) is 16.6. The third-order valence-electron chi connectivity index (χ3n) is 3.40. The molecule has 0 spiro atoms. The molecule has 18 heavy (non-hydrogen) atoms. The zero-order valence-corrected chi connectivity index (χ0v) is 11.3. The Hall–Kier alpha value is -1.59. The summed E-state index contributed by atoms with van der Waals surface area (Å²) in [4.78, 5) is 14.0. The van der Waals surface area contributed by atoms with Crippen LogP contribution in [0.25, 0.3) is 0 Å². The summed E-state index contributed by atoms with van der Waals surface area (Å²) in [7, 11) is 5.57.